The Labute approximate surface area is 542 Å². The first-order chi connectivity index (χ1) is 46.6. The van der Waals surface area contributed by atoms with Gasteiger partial charge in [0.25, 0.3) is 0 Å². The van der Waals surface area contributed by atoms with Gasteiger partial charge in [0.15, 0.2) is 34.9 Å². The minimum atomic E-state index is 0.649. The fraction of sp³-hybridized carbons (Fsp3) is 0. The Hall–Kier alpha value is -12.8. The first kappa shape index (κ1) is 55.3. The molecule has 0 aliphatic rings. The Morgan fingerprint density at radius 1 is 0.170 bits per heavy atom. The van der Waals surface area contributed by atoms with E-state index in [0.717, 1.165) is 55.8 Å². The standard InChI is InChI=1S/2C43H28N4/c1-4-13-29(14-5-1)41-44-42(30-15-6-2-7-16-30)46-43(45-41)34-18-12-17-31(28-34)32-23-25-36-33(27-32)24-26-39-40(36)37-21-10-11-22-38(37)47(39)35-19-8-3-9-20-35;1-4-12-30(13-5-1)41-44-42(31-14-6-2-7-15-31)46-43(45-41)32-22-20-29(21-23-32)33-24-26-36-34(28-33)25-27-39-40(36)37-18-10-11-19-38(37)47(39)35-16-8-3-9-17-35/h2*1-28H. The van der Waals surface area contributed by atoms with Gasteiger partial charge in [-0.05, 0) is 111 Å². The van der Waals surface area contributed by atoms with E-state index in [-0.39, 0.29) is 0 Å². The van der Waals surface area contributed by atoms with Crippen molar-refractivity contribution in [1.29, 1.82) is 0 Å². The van der Waals surface area contributed by atoms with E-state index in [1.54, 1.807) is 0 Å². The summed E-state index contributed by atoms with van der Waals surface area (Å²) in [5.74, 6) is 3.94. The van der Waals surface area contributed by atoms with Crippen molar-refractivity contribution in [1.82, 2.24) is 39.0 Å². The van der Waals surface area contributed by atoms with E-state index < -0.39 is 0 Å². The van der Waals surface area contributed by atoms with Crippen LogP contribution in [0.2, 0.25) is 0 Å². The molecule has 8 heteroatoms. The van der Waals surface area contributed by atoms with Crippen LogP contribution in [0.1, 0.15) is 0 Å². The molecular formula is C86H56N8. The maximum atomic E-state index is 4.95. The number of para-hydroxylation sites is 4. The smallest absolute Gasteiger partial charge is 0.164 e. The number of rotatable bonds is 10. The summed E-state index contributed by atoms with van der Waals surface area (Å²) < 4.78 is 4.73. The second-order valence-corrected chi connectivity index (χ2v) is 23.4. The molecule has 4 aromatic heterocycles. The zero-order valence-corrected chi connectivity index (χ0v) is 50.9. The first-order valence-corrected chi connectivity index (χ1v) is 31.6. The van der Waals surface area contributed by atoms with Crippen molar-refractivity contribution in [2.75, 3.05) is 0 Å². The molecule has 0 spiro atoms. The van der Waals surface area contributed by atoms with E-state index in [1.165, 1.54) is 76.4 Å². The maximum absolute atomic E-state index is 4.95. The molecule has 18 rings (SSSR count). The van der Waals surface area contributed by atoms with E-state index in [0.29, 0.717) is 34.9 Å². The number of nitrogens with zero attached hydrogens (tertiary/aromatic N) is 8. The quantitative estimate of drug-likeness (QED) is 0.136. The third kappa shape index (κ3) is 10.3. The lowest BCUT2D eigenvalue weighted by molar-refractivity contribution is 1.07. The minimum Gasteiger partial charge on any atom is -0.309 e. The van der Waals surface area contributed by atoms with Crippen molar-refractivity contribution in [3.05, 3.63) is 340 Å². The molecule has 440 valence electrons. The summed E-state index contributed by atoms with van der Waals surface area (Å²) in [4.78, 5) is 29.4. The van der Waals surface area contributed by atoms with Gasteiger partial charge in [-0.2, -0.15) is 0 Å². The zero-order chi connectivity index (χ0) is 62.3. The predicted octanol–water partition coefficient (Wildman–Crippen LogP) is 21.6. The van der Waals surface area contributed by atoms with Crippen LogP contribution >= 0.6 is 0 Å². The van der Waals surface area contributed by atoms with Crippen LogP contribution in [0.25, 0.3) is 167 Å². The topological polar surface area (TPSA) is 87.2 Å². The number of hydrogen-bond donors (Lipinski definition) is 0. The average Bonchev–Trinajstić information content (AvgIpc) is 1.58. The molecule has 0 saturated heterocycles. The molecule has 0 aliphatic carbocycles. The highest BCUT2D eigenvalue weighted by Gasteiger charge is 2.19. The Bertz CT molecular complexity index is 5700. The largest absolute Gasteiger partial charge is 0.309 e. The highest BCUT2D eigenvalue weighted by molar-refractivity contribution is 6.23. The normalized spacial score (nSPS) is 11.4. The molecule has 0 radical (unpaired) electrons. The lowest BCUT2D eigenvalue weighted by atomic mass is 9.97. The van der Waals surface area contributed by atoms with Gasteiger partial charge in [0.05, 0.1) is 22.1 Å². The van der Waals surface area contributed by atoms with E-state index in [4.69, 9.17) is 29.9 Å². The van der Waals surface area contributed by atoms with Gasteiger partial charge in [-0.3, -0.25) is 0 Å². The van der Waals surface area contributed by atoms with Crippen LogP contribution in [-0.2, 0) is 0 Å². The van der Waals surface area contributed by atoms with Crippen LogP contribution in [0.3, 0.4) is 0 Å². The van der Waals surface area contributed by atoms with E-state index in [2.05, 4.69) is 228 Å². The molecule has 18 aromatic rings. The van der Waals surface area contributed by atoms with Crippen LogP contribution in [-0.4, -0.2) is 39.0 Å². The van der Waals surface area contributed by atoms with Gasteiger partial charge < -0.3 is 9.13 Å². The molecule has 0 unspecified atom stereocenters. The molecular weight excluding hydrogens is 1150 g/mol. The van der Waals surface area contributed by atoms with Crippen LogP contribution in [0.15, 0.2) is 340 Å². The third-order valence-electron chi connectivity index (χ3n) is 17.7. The second-order valence-electron chi connectivity index (χ2n) is 23.4. The van der Waals surface area contributed by atoms with Gasteiger partial charge >= 0.3 is 0 Å². The van der Waals surface area contributed by atoms with Crippen molar-refractivity contribution in [3.63, 3.8) is 0 Å². The summed E-state index contributed by atoms with van der Waals surface area (Å²) in [6.07, 6.45) is 0. The summed E-state index contributed by atoms with van der Waals surface area (Å²) in [5.41, 5.74) is 17.5. The van der Waals surface area contributed by atoms with Crippen LogP contribution in [0.4, 0.5) is 0 Å². The minimum absolute atomic E-state index is 0.649. The number of fused-ring (bicyclic) bond motifs is 10. The molecule has 94 heavy (non-hydrogen) atoms. The van der Waals surface area contributed by atoms with Crippen molar-refractivity contribution in [3.8, 4) is 102 Å². The van der Waals surface area contributed by atoms with Crippen LogP contribution < -0.4 is 0 Å². The lowest BCUT2D eigenvalue weighted by Crippen LogP contribution is -2.00. The maximum Gasteiger partial charge on any atom is 0.164 e. The predicted molar refractivity (Wildman–Crippen MR) is 387 cm³/mol. The molecule has 4 heterocycles. The summed E-state index contributed by atoms with van der Waals surface area (Å²) in [7, 11) is 0. The molecule has 0 atom stereocenters. The van der Waals surface area contributed by atoms with Crippen molar-refractivity contribution < 1.29 is 0 Å². The highest BCUT2D eigenvalue weighted by atomic mass is 15.0. The molecule has 0 fully saturated rings. The van der Waals surface area contributed by atoms with Crippen LogP contribution in [0.5, 0.6) is 0 Å². The zero-order valence-electron chi connectivity index (χ0n) is 50.9. The molecule has 14 aromatic carbocycles. The van der Waals surface area contributed by atoms with E-state index >= 15 is 0 Å². The average molecular weight is 1200 g/mol. The van der Waals surface area contributed by atoms with Crippen molar-refractivity contribution >= 4 is 65.2 Å². The van der Waals surface area contributed by atoms with Gasteiger partial charge in [-0.1, -0.05) is 273 Å². The fourth-order valence-corrected chi connectivity index (χ4v) is 13.2. The molecule has 0 N–H and O–H groups in total. The van der Waals surface area contributed by atoms with Gasteiger partial charge in [0.2, 0.25) is 0 Å². The van der Waals surface area contributed by atoms with E-state index in [9.17, 15) is 0 Å². The van der Waals surface area contributed by atoms with Gasteiger partial charge in [-0.15, -0.1) is 0 Å². The van der Waals surface area contributed by atoms with Crippen molar-refractivity contribution in [2.24, 2.45) is 0 Å². The lowest BCUT2D eigenvalue weighted by Gasteiger charge is -2.11. The Morgan fingerprint density at radius 3 is 0.862 bits per heavy atom. The Kier molecular flexibility index (Phi) is 14.0. The monoisotopic (exact) mass is 1200 g/mol. The summed E-state index contributed by atoms with van der Waals surface area (Å²) in [6.45, 7) is 0. The Balaban J connectivity index is 0.000000143. The van der Waals surface area contributed by atoms with Gasteiger partial charge in [0.1, 0.15) is 0 Å². The molecule has 0 aliphatic heterocycles. The first-order valence-electron chi connectivity index (χ1n) is 31.6. The summed E-state index contributed by atoms with van der Waals surface area (Å²) in [5, 5.41) is 9.98. The van der Waals surface area contributed by atoms with Gasteiger partial charge in [0, 0.05) is 66.3 Å². The summed E-state index contributed by atoms with van der Waals surface area (Å²) in [6, 6.07) is 119. The van der Waals surface area contributed by atoms with Crippen LogP contribution in [0, 0.1) is 0 Å². The number of aromatic nitrogens is 8. The number of benzene rings is 14. The van der Waals surface area contributed by atoms with E-state index in [1.807, 2.05) is 121 Å². The third-order valence-corrected chi connectivity index (χ3v) is 17.7. The van der Waals surface area contributed by atoms with Crippen molar-refractivity contribution in [2.45, 2.75) is 0 Å². The highest BCUT2D eigenvalue weighted by Crippen LogP contribution is 2.41. The fourth-order valence-electron chi connectivity index (χ4n) is 13.2. The molecule has 0 saturated carbocycles. The summed E-state index contributed by atoms with van der Waals surface area (Å²) >= 11 is 0. The SMILES string of the molecule is c1ccc(-c2nc(-c3ccccc3)nc(-c3ccc(-c4ccc5c(ccc6c5c5ccccc5n6-c5ccccc5)c4)cc3)n2)cc1.c1ccc(-c2nc(-c3ccccc3)nc(-c3cccc(-c4ccc5c(ccc6c5c5ccccc5n6-c5ccccc5)c4)c3)n2)cc1. The number of hydrogen-bond acceptors (Lipinski definition) is 6. The molecule has 8 nitrogen and oxygen atoms in total. The molecule has 0 amide bonds. The second kappa shape index (κ2) is 23.9. The van der Waals surface area contributed by atoms with Gasteiger partial charge in [-0.25, -0.2) is 29.9 Å². The molecule has 0 bridgehead atoms. The Morgan fingerprint density at radius 2 is 0.457 bits per heavy atom.